The molecule has 1 unspecified atom stereocenters. The van der Waals surface area contributed by atoms with Gasteiger partial charge in [-0.05, 0) is 44.0 Å². The first-order valence-corrected chi connectivity index (χ1v) is 10.6. The van der Waals surface area contributed by atoms with E-state index in [1.54, 1.807) is 37.5 Å². The maximum atomic E-state index is 10.8. The van der Waals surface area contributed by atoms with Gasteiger partial charge in [-0.25, -0.2) is 5.84 Å². The first kappa shape index (κ1) is 23.3. The van der Waals surface area contributed by atoms with Crippen LogP contribution >= 0.6 is 11.6 Å². The number of nitrogens with two attached hydrogens (primary N) is 2. The molecule has 170 valence electrons. The molecule has 2 heterocycles. The van der Waals surface area contributed by atoms with Gasteiger partial charge in [0, 0.05) is 37.4 Å². The van der Waals surface area contributed by atoms with E-state index in [0.29, 0.717) is 28.3 Å². The number of rotatable bonds is 8. The number of carbonyl (C=O) groups excluding carboxylic acids is 1. The minimum absolute atomic E-state index is 0.165. The van der Waals surface area contributed by atoms with Gasteiger partial charge >= 0.3 is 0 Å². The maximum Gasteiger partial charge on any atom is 0.227 e. The van der Waals surface area contributed by atoms with Crippen LogP contribution in [0.4, 0.5) is 11.6 Å². The van der Waals surface area contributed by atoms with Crippen LogP contribution in [0.25, 0.3) is 5.57 Å². The summed E-state index contributed by atoms with van der Waals surface area (Å²) in [5.41, 5.74) is 7.83. The molecule has 1 fully saturated rings. The van der Waals surface area contributed by atoms with Crippen LogP contribution in [0, 0.1) is 0 Å². The Balaban J connectivity index is 1.83. The summed E-state index contributed by atoms with van der Waals surface area (Å²) in [6, 6.07) is 6.92. The van der Waals surface area contributed by atoms with Crippen LogP contribution in [-0.4, -0.2) is 51.5 Å². The molecule has 10 nitrogen and oxygen atoms in total. The number of benzene rings is 1. The third-order valence-electron chi connectivity index (χ3n) is 5.22. The van der Waals surface area contributed by atoms with Crippen molar-refractivity contribution in [2.24, 2.45) is 23.7 Å². The Morgan fingerprint density at radius 3 is 2.84 bits per heavy atom. The van der Waals surface area contributed by atoms with Crippen molar-refractivity contribution in [3.63, 3.8) is 0 Å². The molecule has 32 heavy (non-hydrogen) atoms. The number of hydrogen-bond donors (Lipinski definition) is 2. The van der Waals surface area contributed by atoms with Gasteiger partial charge in [0.2, 0.25) is 12.4 Å². The van der Waals surface area contributed by atoms with E-state index in [1.807, 2.05) is 30.7 Å². The summed E-state index contributed by atoms with van der Waals surface area (Å²) in [6.07, 6.45) is 7.89. The molecule has 1 aliphatic rings. The zero-order valence-electron chi connectivity index (χ0n) is 18.4. The fourth-order valence-electron chi connectivity index (χ4n) is 3.54. The molecule has 0 aliphatic carbocycles. The lowest BCUT2D eigenvalue weighted by Crippen LogP contribution is -2.44. The van der Waals surface area contributed by atoms with E-state index in [-0.39, 0.29) is 6.04 Å². The Labute approximate surface area is 192 Å². The molecular formula is C21H28ClN9O. The largest absolute Gasteiger partial charge is 0.384 e. The van der Waals surface area contributed by atoms with Crippen LogP contribution in [0.1, 0.15) is 25.6 Å². The van der Waals surface area contributed by atoms with Gasteiger partial charge in [0.25, 0.3) is 0 Å². The van der Waals surface area contributed by atoms with Crippen molar-refractivity contribution in [2.45, 2.75) is 25.8 Å². The number of hydrogen-bond acceptors (Lipinski definition) is 7. The monoisotopic (exact) mass is 457 g/mol. The van der Waals surface area contributed by atoms with Crippen molar-refractivity contribution < 1.29 is 4.79 Å². The molecular weight excluding hydrogens is 430 g/mol. The number of carbonyl (C=O) groups is 1. The highest BCUT2D eigenvalue weighted by Crippen LogP contribution is 2.27. The number of hydrazine groups is 1. The zero-order valence-corrected chi connectivity index (χ0v) is 19.1. The van der Waals surface area contributed by atoms with Crippen LogP contribution in [0.15, 0.2) is 47.7 Å². The summed E-state index contributed by atoms with van der Waals surface area (Å²) in [5.74, 6) is 7.83. The minimum Gasteiger partial charge on any atom is -0.384 e. The van der Waals surface area contributed by atoms with Gasteiger partial charge in [0.05, 0.1) is 11.7 Å². The lowest BCUT2D eigenvalue weighted by Gasteiger charge is -2.25. The van der Waals surface area contributed by atoms with E-state index >= 15 is 0 Å². The zero-order chi connectivity index (χ0) is 23.3. The first-order valence-electron chi connectivity index (χ1n) is 10.2. The average Bonchev–Trinajstić information content (AvgIpc) is 3.41. The summed E-state index contributed by atoms with van der Waals surface area (Å²) < 4.78 is 1.91. The normalized spacial score (nSPS) is 17.3. The molecule has 0 bridgehead atoms. The second kappa shape index (κ2) is 10.3. The van der Waals surface area contributed by atoms with Gasteiger partial charge in [-0.1, -0.05) is 23.7 Å². The molecule has 1 saturated heterocycles. The average molecular weight is 458 g/mol. The Hall–Kier alpha value is -3.37. The molecule has 0 radical (unpaired) electrons. The third-order valence-corrected chi connectivity index (χ3v) is 5.46. The number of amides is 1. The fraction of sp³-hybridized carbons (Fsp3) is 0.333. The van der Waals surface area contributed by atoms with Gasteiger partial charge in [-0.2, -0.15) is 5.12 Å². The molecule has 1 aliphatic heterocycles. The van der Waals surface area contributed by atoms with E-state index in [1.165, 1.54) is 10.0 Å². The summed E-state index contributed by atoms with van der Waals surface area (Å²) in [5, 5.41) is 14.9. The summed E-state index contributed by atoms with van der Waals surface area (Å²) in [4.78, 5) is 14.3. The number of nitrogens with zero attached hydrogens (tertiary/aromatic N) is 7. The quantitative estimate of drug-likeness (QED) is 0.155. The van der Waals surface area contributed by atoms with Crippen molar-refractivity contribution in [3.05, 3.63) is 53.5 Å². The minimum atomic E-state index is -0.165. The van der Waals surface area contributed by atoms with Crippen molar-refractivity contribution in [2.75, 3.05) is 23.6 Å². The van der Waals surface area contributed by atoms with Gasteiger partial charge in [0.15, 0.2) is 5.82 Å². The lowest BCUT2D eigenvalue weighted by atomic mass is 10.2. The molecule has 3 rings (SSSR count). The number of amidine groups is 1. The van der Waals surface area contributed by atoms with Crippen LogP contribution in [0.2, 0.25) is 5.02 Å². The Bertz CT molecular complexity index is 1050. The van der Waals surface area contributed by atoms with E-state index < -0.39 is 0 Å². The molecule has 0 spiro atoms. The summed E-state index contributed by atoms with van der Waals surface area (Å²) in [7, 11) is 3.56. The van der Waals surface area contributed by atoms with Crippen molar-refractivity contribution >= 4 is 41.1 Å². The Morgan fingerprint density at radius 2 is 2.16 bits per heavy atom. The topological polar surface area (TPSA) is 122 Å². The number of halogens is 1. The molecule has 1 aromatic heterocycles. The smallest absolute Gasteiger partial charge is 0.227 e. The Morgan fingerprint density at radius 1 is 1.38 bits per heavy atom. The molecule has 4 N–H and O–H groups in total. The molecule has 1 atom stereocenters. The number of aromatic nitrogens is 3. The lowest BCUT2D eigenvalue weighted by molar-refractivity contribution is -0.114. The maximum absolute atomic E-state index is 10.8. The highest BCUT2D eigenvalue weighted by atomic mass is 35.5. The van der Waals surface area contributed by atoms with Crippen LogP contribution in [0.5, 0.6) is 0 Å². The molecule has 0 saturated carbocycles. The Kier molecular flexibility index (Phi) is 7.49. The fourth-order valence-corrected chi connectivity index (χ4v) is 3.72. The van der Waals surface area contributed by atoms with E-state index in [9.17, 15) is 4.79 Å². The van der Waals surface area contributed by atoms with Gasteiger partial charge in [0.1, 0.15) is 5.84 Å². The van der Waals surface area contributed by atoms with Crippen LogP contribution in [0.3, 0.4) is 0 Å². The second-order valence-corrected chi connectivity index (χ2v) is 7.85. The highest BCUT2D eigenvalue weighted by molar-refractivity contribution is 6.30. The molecule has 11 heteroatoms. The van der Waals surface area contributed by atoms with Crippen molar-refractivity contribution in [1.82, 2.24) is 19.7 Å². The predicted molar refractivity (Wildman–Crippen MR) is 128 cm³/mol. The standard InChI is InChI=1S/C21H28ClN9O/c1-4-15(10-12-28(2)14-32)20-25-26-21(29(20)3)30-11-6-9-18(30)19(23)27-31(24)17-8-5-7-16(22)13-17/h4-5,7-8,10,12-14,18H,6,9,11,24H2,1-3H3,(H2,23,27)/b12-10-,15-4+. The van der Waals surface area contributed by atoms with Crippen molar-refractivity contribution in [3.8, 4) is 0 Å². The number of anilines is 2. The van der Waals surface area contributed by atoms with Gasteiger partial charge in [-0.15, -0.1) is 15.3 Å². The molecule has 1 aromatic carbocycles. The highest BCUT2D eigenvalue weighted by Gasteiger charge is 2.32. The molecule has 1 amide bonds. The van der Waals surface area contributed by atoms with Gasteiger partial charge < -0.3 is 15.5 Å². The SMILES string of the molecule is C/C=C(\C=C/N(C)C=O)c1nnc(N2CCCC2/C(N)=N/N(N)c2cccc(Cl)c2)n1C. The van der Waals surface area contributed by atoms with Crippen LogP contribution in [-0.2, 0) is 11.8 Å². The summed E-state index contributed by atoms with van der Waals surface area (Å²) >= 11 is 6.04. The second-order valence-electron chi connectivity index (χ2n) is 7.41. The van der Waals surface area contributed by atoms with E-state index in [4.69, 9.17) is 23.2 Å². The third kappa shape index (κ3) is 5.09. The van der Waals surface area contributed by atoms with Crippen LogP contribution < -0.4 is 21.6 Å². The summed E-state index contributed by atoms with van der Waals surface area (Å²) in [6.45, 7) is 2.67. The van der Waals surface area contributed by atoms with Gasteiger partial charge in [-0.3, -0.25) is 9.36 Å². The number of allylic oxidation sites excluding steroid dienone is 3. The first-order chi connectivity index (χ1) is 15.3. The van der Waals surface area contributed by atoms with E-state index in [0.717, 1.165) is 31.4 Å². The number of hydrazone groups is 1. The molecule has 2 aromatic rings. The predicted octanol–water partition coefficient (Wildman–Crippen LogP) is 2.09. The van der Waals surface area contributed by atoms with E-state index in [2.05, 4.69) is 20.2 Å². The van der Waals surface area contributed by atoms with Crippen molar-refractivity contribution in [1.29, 1.82) is 0 Å².